The Morgan fingerprint density at radius 3 is 1.60 bits per heavy atom. The fourth-order valence-corrected chi connectivity index (χ4v) is 5.74. The highest BCUT2D eigenvalue weighted by molar-refractivity contribution is 6.24. The molecule has 8 rings (SSSR count). The van der Waals surface area contributed by atoms with E-state index in [0.29, 0.717) is 10.9 Å². The molecule has 0 unspecified atom stereocenters. The zero-order valence-corrected chi connectivity index (χ0v) is 21.2. The van der Waals surface area contributed by atoms with Crippen LogP contribution < -0.4 is 0 Å². The lowest BCUT2D eigenvalue weighted by atomic mass is 9.84. The fourth-order valence-electron chi connectivity index (χ4n) is 5.74. The van der Waals surface area contributed by atoms with Gasteiger partial charge in [0.25, 0.3) is 0 Å². The summed E-state index contributed by atoms with van der Waals surface area (Å²) in [7, 11) is 0. The summed E-state index contributed by atoms with van der Waals surface area (Å²) < 4.78 is 97.5. The first kappa shape index (κ1) is 14.3. The molecule has 0 nitrogen and oxygen atoms in total. The van der Waals surface area contributed by atoms with Gasteiger partial charge in [0.15, 0.2) is 0 Å². The summed E-state index contributed by atoms with van der Waals surface area (Å²) in [6.07, 6.45) is 0. The molecule has 8 aromatic carbocycles. The van der Waals surface area contributed by atoms with Crippen LogP contribution in [0.1, 0.15) is 15.1 Å². The highest BCUT2D eigenvalue weighted by atomic mass is 14.2. The molecule has 0 radical (unpaired) electrons. The second kappa shape index (κ2) is 9.22. The lowest BCUT2D eigenvalue weighted by Gasteiger charge is -2.19. The van der Waals surface area contributed by atoms with Crippen LogP contribution in [0.15, 0.2) is 157 Å². The summed E-state index contributed by atoms with van der Waals surface area (Å²) in [5.74, 6) is 0. The van der Waals surface area contributed by atoms with Crippen molar-refractivity contribution in [1.29, 1.82) is 0 Å². The van der Waals surface area contributed by atoms with Crippen molar-refractivity contribution in [1.82, 2.24) is 0 Å². The molecule has 0 heteroatoms. The molecule has 0 aliphatic heterocycles. The van der Waals surface area contributed by atoms with E-state index < -0.39 is 48.3 Å². The lowest BCUT2D eigenvalue weighted by molar-refractivity contribution is 1.65. The number of fused-ring (bicyclic) bond motifs is 4. The van der Waals surface area contributed by atoms with E-state index in [9.17, 15) is 5.48 Å². The smallest absolute Gasteiger partial charge is 0.0622 e. The van der Waals surface area contributed by atoms with Crippen molar-refractivity contribution in [3.63, 3.8) is 0 Å². The van der Waals surface area contributed by atoms with Gasteiger partial charge in [-0.3, -0.25) is 0 Å². The molecule has 0 aromatic heterocycles. The van der Waals surface area contributed by atoms with Gasteiger partial charge in [-0.15, -0.1) is 0 Å². The van der Waals surface area contributed by atoms with Crippen molar-refractivity contribution in [3.8, 4) is 33.4 Å². The molecular weight excluding hydrogens is 480 g/mol. The van der Waals surface area contributed by atoms with Gasteiger partial charge in [0, 0.05) is 0 Å². The van der Waals surface area contributed by atoms with Crippen molar-refractivity contribution >= 4 is 43.1 Å². The molecule has 0 aliphatic carbocycles. The first-order valence-corrected chi connectivity index (χ1v) is 13.0. The Morgan fingerprint density at radius 1 is 0.350 bits per heavy atom. The van der Waals surface area contributed by atoms with Crippen LogP contribution in [0.5, 0.6) is 0 Å². The molecule has 40 heavy (non-hydrogen) atoms. The van der Waals surface area contributed by atoms with Crippen LogP contribution in [0.2, 0.25) is 0 Å². The number of benzene rings is 8. The molecule has 0 fully saturated rings. The van der Waals surface area contributed by atoms with Crippen molar-refractivity contribution in [2.45, 2.75) is 0 Å². The van der Waals surface area contributed by atoms with E-state index in [4.69, 9.17) is 9.60 Å². The van der Waals surface area contributed by atoms with Crippen LogP contribution in [0.25, 0.3) is 76.5 Å². The van der Waals surface area contributed by atoms with Gasteiger partial charge in [-0.1, -0.05) is 151 Å². The molecule has 0 N–H and O–H groups in total. The predicted molar refractivity (Wildman–Crippen MR) is 173 cm³/mol. The summed E-state index contributed by atoms with van der Waals surface area (Å²) in [4.78, 5) is 0. The first-order valence-electron chi connectivity index (χ1n) is 18.5. The summed E-state index contributed by atoms with van der Waals surface area (Å²) in [6, 6.07) is 23.3. The fraction of sp³-hybridized carbons (Fsp3) is 0. The molecular formula is C40H26. The predicted octanol–water partition coefficient (Wildman–Crippen LogP) is 11.3. The van der Waals surface area contributed by atoms with E-state index in [1.54, 1.807) is 6.07 Å². The summed E-state index contributed by atoms with van der Waals surface area (Å²) in [6.45, 7) is 0. The Kier molecular flexibility index (Phi) is 3.29. The lowest BCUT2D eigenvalue weighted by Crippen LogP contribution is -1.92. The molecule has 0 heterocycles. The second-order valence-corrected chi connectivity index (χ2v) is 9.64. The van der Waals surface area contributed by atoms with Crippen LogP contribution >= 0.6 is 0 Å². The Labute approximate surface area is 249 Å². The van der Waals surface area contributed by atoms with Crippen molar-refractivity contribution in [2.75, 3.05) is 0 Å². The second-order valence-electron chi connectivity index (χ2n) is 9.64. The summed E-state index contributed by atoms with van der Waals surface area (Å²) in [5.41, 5.74) is 2.37. The highest BCUT2D eigenvalue weighted by Crippen LogP contribution is 2.46. The molecule has 0 bridgehead atoms. The maximum Gasteiger partial charge on any atom is 0.0629 e. The van der Waals surface area contributed by atoms with E-state index in [1.807, 2.05) is 66.7 Å². The van der Waals surface area contributed by atoms with Crippen molar-refractivity contribution in [3.05, 3.63) is 157 Å². The van der Waals surface area contributed by atoms with Crippen molar-refractivity contribution in [2.24, 2.45) is 0 Å². The number of hydrogen-bond acceptors (Lipinski definition) is 0. The highest BCUT2D eigenvalue weighted by Gasteiger charge is 2.18. The molecule has 8 aromatic rings. The molecule has 0 amide bonds. The van der Waals surface area contributed by atoms with E-state index >= 15 is 0 Å². The number of hydrogen-bond donors (Lipinski definition) is 0. The third kappa shape index (κ3) is 3.54. The molecule has 0 spiro atoms. The largest absolute Gasteiger partial charge is 0.0629 e. The average molecular weight is 518 g/mol. The Hall–Kier alpha value is -5.20. The topological polar surface area (TPSA) is 0 Å². The van der Waals surface area contributed by atoms with E-state index in [0.717, 1.165) is 27.3 Å². The Bertz CT molecular complexity index is 2720. The van der Waals surface area contributed by atoms with Crippen LogP contribution in [-0.2, 0) is 0 Å². The normalized spacial score (nSPS) is 15.3. The van der Waals surface area contributed by atoms with Gasteiger partial charge in [-0.2, -0.15) is 0 Å². The number of rotatable bonds is 3. The van der Waals surface area contributed by atoms with Crippen molar-refractivity contribution < 1.29 is 15.1 Å². The maximum absolute atomic E-state index is 9.27. The van der Waals surface area contributed by atoms with E-state index in [1.165, 1.54) is 12.1 Å². The van der Waals surface area contributed by atoms with Crippen LogP contribution in [0, 0.1) is 0 Å². The molecule has 186 valence electrons. The van der Waals surface area contributed by atoms with Crippen LogP contribution in [-0.4, -0.2) is 0 Å². The zero-order chi connectivity index (χ0) is 36.0. The third-order valence-electron chi connectivity index (χ3n) is 7.48. The van der Waals surface area contributed by atoms with Crippen LogP contribution in [0.4, 0.5) is 0 Å². The van der Waals surface area contributed by atoms with Gasteiger partial charge in [0.1, 0.15) is 0 Å². The van der Waals surface area contributed by atoms with Gasteiger partial charge >= 0.3 is 0 Å². The standard InChI is InChI=1S/C40H26/c1-2-13-28(14-3-1)39-35-16-6-8-18-37(35)40(38-19-9-7-17-36(38)39)34-23-11-21-32-31(20-10-22-33(32)34)30-25-24-27-12-4-5-15-29(27)26-30/h1-26H/i1D,6D,7D,8D,9D,13D,14D,16D,17D,18D,19D. The summed E-state index contributed by atoms with van der Waals surface area (Å²) >= 11 is 0. The van der Waals surface area contributed by atoms with Gasteiger partial charge in [0.05, 0.1) is 15.1 Å². The third-order valence-corrected chi connectivity index (χ3v) is 7.48. The molecule has 0 saturated carbocycles. The average Bonchev–Trinajstić information content (AvgIpc) is 3.12. The quantitative estimate of drug-likeness (QED) is 0.204. The Balaban J connectivity index is 1.62. The SMILES string of the molecule is [2H]c1cc([2H])c(-c2c3c([2H])c([2H])c([2H])c([2H])c3c(-c3cccc4c(-c5ccc6ccccc6c5)cccc34)c3c([2H])c([2H])c([2H])c([2H])c23)c([2H])c1. The van der Waals surface area contributed by atoms with Gasteiger partial charge < -0.3 is 0 Å². The monoisotopic (exact) mass is 517 g/mol. The minimum absolute atomic E-state index is 0.00545. The molecule has 0 atom stereocenters. The van der Waals surface area contributed by atoms with Gasteiger partial charge in [-0.05, 0) is 82.5 Å². The Morgan fingerprint density at radius 2 is 0.925 bits per heavy atom. The van der Waals surface area contributed by atoms with Crippen LogP contribution in [0.3, 0.4) is 0 Å². The van der Waals surface area contributed by atoms with Gasteiger partial charge in [0.2, 0.25) is 0 Å². The van der Waals surface area contributed by atoms with E-state index in [2.05, 4.69) is 6.07 Å². The molecule has 0 saturated heterocycles. The maximum atomic E-state index is 9.27. The van der Waals surface area contributed by atoms with E-state index in [-0.39, 0.29) is 56.4 Å². The molecule has 0 aliphatic rings. The van der Waals surface area contributed by atoms with Gasteiger partial charge in [-0.25, -0.2) is 0 Å². The minimum atomic E-state index is -0.563. The minimum Gasteiger partial charge on any atom is -0.0622 e. The summed E-state index contributed by atoms with van der Waals surface area (Å²) in [5, 5.41) is 3.53. The zero-order valence-electron chi connectivity index (χ0n) is 32.2. The first-order chi connectivity index (χ1) is 24.4.